The molecule has 0 saturated carbocycles. The summed E-state index contributed by atoms with van der Waals surface area (Å²) in [5.41, 5.74) is 3.13. The molecule has 3 aromatic carbocycles. The van der Waals surface area contributed by atoms with Crippen LogP contribution in [0.15, 0.2) is 88.2 Å². The van der Waals surface area contributed by atoms with Crippen molar-refractivity contribution in [1.29, 1.82) is 0 Å². The minimum Gasteiger partial charge on any atom is -0.497 e. The van der Waals surface area contributed by atoms with Crippen molar-refractivity contribution in [3.05, 3.63) is 115 Å². The Morgan fingerprint density at radius 1 is 1.00 bits per heavy atom. The van der Waals surface area contributed by atoms with E-state index >= 15 is 0 Å². The van der Waals surface area contributed by atoms with Crippen LogP contribution in [0.4, 0.5) is 0 Å². The van der Waals surface area contributed by atoms with Gasteiger partial charge < -0.3 is 18.9 Å². The molecule has 2 heterocycles. The topological polar surface area (TPSA) is 88.4 Å². The Labute approximate surface area is 241 Å². The van der Waals surface area contributed by atoms with E-state index in [1.54, 1.807) is 28.1 Å². The summed E-state index contributed by atoms with van der Waals surface area (Å²) in [4.78, 5) is 32.1. The second-order valence-corrected chi connectivity index (χ2v) is 10.3. The second kappa shape index (κ2) is 12.3. The largest absolute Gasteiger partial charge is 0.497 e. The fraction of sp³-hybridized carbons (Fsp3) is 0.219. The Hall–Kier alpha value is -4.63. The third-order valence-corrected chi connectivity index (χ3v) is 7.68. The van der Waals surface area contributed by atoms with Crippen LogP contribution >= 0.6 is 11.3 Å². The van der Waals surface area contributed by atoms with Crippen molar-refractivity contribution in [3.8, 4) is 17.2 Å². The van der Waals surface area contributed by atoms with E-state index in [1.165, 1.54) is 15.9 Å². The molecule has 0 radical (unpaired) electrons. The molecule has 210 valence electrons. The van der Waals surface area contributed by atoms with Crippen LogP contribution in [0.5, 0.6) is 17.2 Å². The van der Waals surface area contributed by atoms with Crippen LogP contribution in [0.1, 0.15) is 36.6 Å². The van der Waals surface area contributed by atoms with Gasteiger partial charge in [-0.25, -0.2) is 9.79 Å². The Kier molecular flexibility index (Phi) is 8.35. The van der Waals surface area contributed by atoms with Crippen molar-refractivity contribution in [3.63, 3.8) is 0 Å². The van der Waals surface area contributed by atoms with Gasteiger partial charge in [-0.05, 0) is 60.9 Å². The Morgan fingerprint density at radius 2 is 1.76 bits per heavy atom. The molecule has 1 aliphatic heterocycles. The highest BCUT2D eigenvalue weighted by Gasteiger charge is 2.32. The molecule has 0 fully saturated rings. The van der Waals surface area contributed by atoms with Gasteiger partial charge in [0.1, 0.15) is 18.4 Å². The van der Waals surface area contributed by atoms with Gasteiger partial charge in [0.25, 0.3) is 5.56 Å². The number of esters is 1. The first-order valence-corrected chi connectivity index (χ1v) is 13.9. The molecule has 0 amide bonds. The lowest BCUT2D eigenvalue weighted by Crippen LogP contribution is -2.35. The minimum absolute atomic E-state index is 0.194. The van der Waals surface area contributed by atoms with Gasteiger partial charge in [0.15, 0.2) is 16.3 Å². The molecule has 0 aliphatic carbocycles. The van der Waals surface area contributed by atoms with Crippen molar-refractivity contribution in [2.24, 2.45) is 4.99 Å². The van der Waals surface area contributed by atoms with E-state index in [4.69, 9.17) is 23.9 Å². The molecule has 0 unspecified atom stereocenters. The number of thiazole rings is 1. The average molecular weight is 571 g/mol. The first-order valence-electron chi connectivity index (χ1n) is 13.1. The fourth-order valence-electron chi connectivity index (χ4n) is 4.62. The lowest BCUT2D eigenvalue weighted by atomic mass is 9.96. The summed E-state index contributed by atoms with van der Waals surface area (Å²) in [5.74, 6) is 1.29. The van der Waals surface area contributed by atoms with Gasteiger partial charge in [0.2, 0.25) is 0 Å². The molecule has 0 saturated heterocycles. The fourth-order valence-corrected chi connectivity index (χ4v) is 5.66. The first-order chi connectivity index (χ1) is 19.9. The zero-order chi connectivity index (χ0) is 28.9. The number of benzene rings is 3. The minimum atomic E-state index is -0.696. The molecule has 0 bridgehead atoms. The first kappa shape index (κ1) is 27.9. The van der Waals surface area contributed by atoms with E-state index in [0.29, 0.717) is 44.3 Å². The quantitative estimate of drug-likeness (QED) is 0.275. The number of carbonyl (C=O) groups is 1. The summed E-state index contributed by atoms with van der Waals surface area (Å²) in [6.07, 6.45) is 1.81. The van der Waals surface area contributed by atoms with Crippen LogP contribution in [0, 0.1) is 0 Å². The summed E-state index contributed by atoms with van der Waals surface area (Å²) < 4.78 is 24.3. The molecule has 1 atom stereocenters. The van der Waals surface area contributed by atoms with Gasteiger partial charge in [0.05, 0.1) is 30.9 Å². The number of carbonyl (C=O) groups excluding carboxylic acids is 1. The predicted octanol–water partition coefficient (Wildman–Crippen LogP) is 4.50. The molecule has 0 N–H and O–H groups in total. The summed E-state index contributed by atoms with van der Waals surface area (Å²) in [6.45, 7) is 4.07. The third kappa shape index (κ3) is 5.81. The van der Waals surface area contributed by atoms with Crippen LogP contribution in [-0.2, 0) is 16.1 Å². The van der Waals surface area contributed by atoms with E-state index in [-0.39, 0.29) is 12.2 Å². The van der Waals surface area contributed by atoms with Crippen molar-refractivity contribution >= 4 is 29.1 Å². The maximum atomic E-state index is 13.5. The Morgan fingerprint density at radius 3 is 2.44 bits per heavy atom. The lowest BCUT2D eigenvalue weighted by Gasteiger charge is -2.23. The van der Waals surface area contributed by atoms with Crippen LogP contribution in [0.25, 0.3) is 11.8 Å². The monoisotopic (exact) mass is 570 g/mol. The maximum Gasteiger partial charge on any atom is 0.338 e. The summed E-state index contributed by atoms with van der Waals surface area (Å²) in [6, 6.07) is 22.1. The number of ether oxygens (including phenoxy) is 4. The normalized spacial score (nSPS) is 14.7. The summed E-state index contributed by atoms with van der Waals surface area (Å²) in [7, 11) is 3.17. The predicted molar refractivity (Wildman–Crippen MR) is 158 cm³/mol. The zero-order valence-electron chi connectivity index (χ0n) is 23.2. The Bertz CT molecular complexity index is 1770. The molecular formula is C32H30N2O6S. The Balaban J connectivity index is 1.57. The van der Waals surface area contributed by atoms with E-state index in [0.717, 1.165) is 16.9 Å². The smallest absolute Gasteiger partial charge is 0.338 e. The summed E-state index contributed by atoms with van der Waals surface area (Å²) >= 11 is 1.27. The highest BCUT2D eigenvalue weighted by Crippen LogP contribution is 2.37. The molecule has 8 nitrogen and oxygen atoms in total. The van der Waals surface area contributed by atoms with Gasteiger partial charge in [0, 0.05) is 5.70 Å². The molecule has 1 aromatic heterocycles. The van der Waals surface area contributed by atoms with E-state index < -0.39 is 12.0 Å². The molecule has 4 aromatic rings. The van der Waals surface area contributed by atoms with E-state index in [1.807, 2.05) is 78.9 Å². The van der Waals surface area contributed by atoms with Crippen LogP contribution in [0.3, 0.4) is 0 Å². The van der Waals surface area contributed by atoms with Crippen molar-refractivity contribution in [2.45, 2.75) is 26.5 Å². The third-order valence-electron chi connectivity index (χ3n) is 6.69. The summed E-state index contributed by atoms with van der Waals surface area (Å²) in [5, 5.41) is 0. The molecule has 41 heavy (non-hydrogen) atoms. The number of hydrogen-bond acceptors (Lipinski definition) is 8. The SMILES string of the molecule is CCOC(=O)C1=C(C)n2c(s/c(=C\c3ccc(OC)cc3)c2=O)=N[C@@H]1c1ccc(OCc2ccccc2)c(OC)c1. The van der Waals surface area contributed by atoms with Crippen LogP contribution in [0.2, 0.25) is 0 Å². The van der Waals surface area contributed by atoms with Crippen molar-refractivity contribution in [1.82, 2.24) is 4.57 Å². The molecule has 0 spiro atoms. The molecule has 1 aliphatic rings. The lowest BCUT2D eigenvalue weighted by molar-refractivity contribution is -0.138. The number of rotatable bonds is 9. The number of aromatic nitrogens is 1. The van der Waals surface area contributed by atoms with Gasteiger partial charge in [-0.1, -0.05) is 59.9 Å². The second-order valence-electron chi connectivity index (χ2n) is 9.24. The molecule has 9 heteroatoms. The van der Waals surface area contributed by atoms with Gasteiger partial charge >= 0.3 is 5.97 Å². The van der Waals surface area contributed by atoms with Crippen molar-refractivity contribution < 1.29 is 23.7 Å². The highest BCUT2D eigenvalue weighted by molar-refractivity contribution is 7.07. The molecule has 5 rings (SSSR count). The van der Waals surface area contributed by atoms with E-state index in [9.17, 15) is 9.59 Å². The molecular weight excluding hydrogens is 540 g/mol. The van der Waals surface area contributed by atoms with Gasteiger partial charge in [-0.15, -0.1) is 0 Å². The number of nitrogens with zero attached hydrogens (tertiary/aromatic N) is 2. The van der Waals surface area contributed by atoms with Gasteiger partial charge in [-0.2, -0.15) is 0 Å². The number of methoxy groups -OCH3 is 2. The average Bonchev–Trinajstić information content (AvgIpc) is 3.31. The highest BCUT2D eigenvalue weighted by atomic mass is 32.1. The van der Waals surface area contributed by atoms with E-state index in [2.05, 4.69) is 0 Å². The van der Waals surface area contributed by atoms with Crippen LogP contribution in [-0.4, -0.2) is 31.4 Å². The number of fused-ring (bicyclic) bond motifs is 1. The zero-order valence-corrected chi connectivity index (χ0v) is 24.1. The van der Waals surface area contributed by atoms with Gasteiger partial charge in [-0.3, -0.25) is 9.36 Å². The van der Waals surface area contributed by atoms with Crippen molar-refractivity contribution in [2.75, 3.05) is 20.8 Å². The number of hydrogen-bond donors (Lipinski definition) is 0. The standard InChI is InChI=1S/C32H30N2O6S/c1-5-39-31(36)28-20(2)34-30(35)27(17-21-11-14-24(37-3)15-12-21)41-32(34)33-29(28)23-13-16-25(26(18-23)38-4)40-19-22-9-7-6-8-10-22/h6-18,29H,5,19H2,1-4H3/b27-17-/t29-/m1/s1. The maximum absolute atomic E-state index is 13.5. The van der Waals surface area contributed by atoms with Crippen LogP contribution < -0.4 is 29.1 Å². The number of allylic oxidation sites excluding steroid dienone is 1.